The van der Waals surface area contributed by atoms with Gasteiger partial charge in [0.25, 0.3) is 5.91 Å². The van der Waals surface area contributed by atoms with E-state index in [1.807, 2.05) is 0 Å². The fourth-order valence-corrected chi connectivity index (χ4v) is 4.61. The van der Waals surface area contributed by atoms with Gasteiger partial charge in [0.15, 0.2) is 30.0 Å². The Kier molecular flexibility index (Phi) is 7.24. The zero-order valence-electron chi connectivity index (χ0n) is 22.6. The number of alkyl halides is 7. The number of nitrogens with zero attached hydrogens (tertiary/aromatic N) is 7. The van der Waals surface area contributed by atoms with Gasteiger partial charge in [-0.3, -0.25) is 13.6 Å². The molecule has 12 nitrogen and oxygen atoms in total. The molecule has 238 valence electrons. The molecule has 7 heterocycles. The van der Waals surface area contributed by atoms with Gasteiger partial charge >= 0.3 is 18.3 Å². The van der Waals surface area contributed by atoms with Crippen LogP contribution >= 0.6 is 0 Å². The number of fused-ring (bicyclic) bond motifs is 2. The fourth-order valence-electron chi connectivity index (χ4n) is 4.61. The Bertz CT molecular complexity index is 2060. The third-order valence-electron chi connectivity index (χ3n) is 6.82. The number of aromatic nitrogens is 6. The largest absolute Gasteiger partial charge is 0.477 e. The molecule has 1 aliphatic heterocycles. The van der Waals surface area contributed by atoms with E-state index in [1.165, 1.54) is 23.5 Å². The summed E-state index contributed by atoms with van der Waals surface area (Å²) in [7, 11) is 0. The van der Waals surface area contributed by atoms with Crippen LogP contribution in [0.1, 0.15) is 32.1 Å². The van der Waals surface area contributed by atoms with Crippen LogP contribution in [0.3, 0.4) is 0 Å². The van der Waals surface area contributed by atoms with E-state index in [0.29, 0.717) is 6.20 Å². The minimum absolute atomic E-state index is 0.00910. The highest BCUT2D eigenvalue weighted by Gasteiger charge is 2.36. The van der Waals surface area contributed by atoms with E-state index in [2.05, 4.69) is 19.9 Å². The number of hydrogen-bond donors (Lipinski definition) is 1. The summed E-state index contributed by atoms with van der Waals surface area (Å²) < 4.78 is 104. The first-order valence-electron chi connectivity index (χ1n) is 12.8. The maximum absolute atomic E-state index is 13.2. The molecule has 0 atom stereocenters. The molecular formula is C27H16F7N7O5. The van der Waals surface area contributed by atoms with Gasteiger partial charge in [-0.1, -0.05) is 0 Å². The highest BCUT2D eigenvalue weighted by molar-refractivity contribution is 5.95. The van der Waals surface area contributed by atoms with Crippen LogP contribution in [0.5, 0.6) is 0 Å². The summed E-state index contributed by atoms with van der Waals surface area (Å²) >= 11 is 0. The quantitative estimate of drug-likeness (QED) is 0.244. The molecule has 0 unspecified atom stereocenters. The monoisotopic (exact) mass is 651 g/mol. The molecular weight excluding hydrogens is 635 g/mol. The lowest BCUT2D eigenvalue weighted by Gasteiger charge is -2.34. The van der Waals surface area contributed by atoms with Crippen LogP contribution in [0, 0.1) is 0 Å². The molecule has 0 saturated carbocycles. The molecule has 0 spiro atoms. The van der Waals surface area contributed by atoms with Crippen molar-refractivity contribution >= 4 is 23.2 Å². The van der Waals surface area contributed by atoms with Crippen molar-refractivity contribution in [1.82, 2.24) is 33.6 Å². The number of carboxylic acids is 1. The number of amides is 1. The average Bonchev–Trinajstić information content (AvgIpc) is 3.79. The molecule has 19 heteroatoms. The number of hydrogen-bond acceptors (Lipinski definition) is 8. The van der Waals surface area contributed by atoms with Crippen LogP contribution in [0.2, 0.25) is 0 Å². The van der Waals surface area contributed by atoms with Crippen LogP contribution < -0.4 is 0 Å². The summed E-state index contributed by atoms with van der Waals surface area (Å²) in [5.41, 5.74) is -2.21. The van der Waals surface area contributed by atoms with E-state index in [4.69, 9.17) is 13.9 Å². The molecule has 1 saturated heterocycles. The summed E-state index contributed by atoms with van der Waals surface area (Å²) in [5, 5.41) is 9.01. The van der Waals surface area contributed by atoms with Crippen molar-refractivity contribution in [2.45, 2.75) is 18.5 Å². The normalized spacial score (nSPS) is 13.9. The summed E-state index contributed by atoms with van der Waals surface area (Å²) in [4.78, 5) is 39.9. The van der Waals surface area contributed by atoms with Crippen LogP contribution in [0.15, 0.2) is 70.9 Å². The van der Waals surface area contributed by atoms with Crippen LogP contribution in [0.25, 0.3) is 33.9 Å². The van der Waals surface area contributed by atoms with Gasteiger partial charge in [0, 0.05) is 12.4 Å². The van der Waals surface area contributed by atoms with Crippen molar-refractivity contribution in [2.75, 3.05) is 13.1 Å². The molecule has 6 aromatic rings. The number of oxazole rings is 2. The lowest BCUT2D eigenvalue weighted by atomic mass is 10.1. The highest BCUT2D eigenvalue weighted by Crippen LogP contribution is 2.36. The van der Waals surface area contributed by atoms with Crippen molar-refractivity contribution in [2.24, 2.45) is 0 Å². The van der Waals surface area contributed by atoms with Crippen molar-refractivity contribution in [3.63, 3.8) is 0 Å². The Hall–Kier alpha value is -5.75. The summed E-state index contributed by atoms with van der Waals surface area (Å²) in [5.74, 6) is -1.81. The standard InChI is InChI=1S/C15H10F4N4O2.C12H6F3N3O3/c16-9-5-22(6-9)14(24)11-2-21-13-10(12-3-20-7-25-12)1-8(4-23(11)13)15(17,18)19;13-12(14,15)6-1-7(9-3-16-5-21-9)10-17-2-8(11(19)20)18(10)4-6/h1-4,7,9H,5-6H2;1-5H,(H,19,20). The smallest absolute Gasteiger partial charge is 0.417 e. The lowest BCUT2D eigenvalue weighted by Crippen LogP contribution is -2.51. The number of halogens is 7. The first kappa shape index (κ1) is 30.3. The van der Waals surface area contributed by atoms with E-state index in [1.54, 1.807) is 0 Å². The van der Waals surface area contributed by atoms with E-state index < -0.39 is 41.5 Å². The number of carboxylic acid groups (broad SMARTS) is 1. The van der Waals surface area contributed by atoms with Gasteiger partial charge in [0.2, 0.25) is 0 Å². The van der Waals surface area contributed by atoms with Gasteiger partial charge in [-0.2, -0.15) is 26.3 Å². The number of imidazole rings is 2. The van der Waals surface area contributed by atoms with Crippen LogP contribution in [0.4, 0.5) is 30.7 Å². The van der Waals surface area contributed by atoms with Crippen molar-refractivity contribution in [1.29, 1.82) is 0 Å². The first-order valence-corrected chi connectivity index (χ1v) is 12.8. The average molecular weight is 651 g/mol. The number of aromatic carboxylic acids is 1. The Morgan fingerprint density at radius 2 is 1.22 bits per heavy atom. The van der Waals surface area contributed by atoms with Crippen molar-refractivity contribution in [3.05, 3.63) is 84.6 Å². The molecule has 7 rings (SSSR count). The zero-order chi connectivity index (χ0) is 33.0. The second kappa shape index (κ2) is 11.0. The Morgan fingerprint density at radius 3 is 1.61 bits per heavy atom. The minimum atomic E-state index is -4.64. The second-order valence-electron chi connectivity index (χ2n) is 9.80. The van der Waals surface area contributed by atoms with Gasteiger partial charge in [-0.25, -0.2) is 29.1 Å². The third-order valence-corrected chi connectivity index (χ3v) is 6.82. The molecule has 1 N–H and O–H groups in total. The maximum atomic E-state index is 13.2. The molecule has 1 amide bonds. The van der Waals surface area contributed by atoms with Crippen molar-refractivity contribution in [3.8, 4) is 22.6 Å². The predicted molar refractivity (Wildman–Crippen MR) is 139 cm³/mol. The molecule has 0 aromatic carbocycles. The van der Waals surface area contributed by atoms with E-state index in [9.17, 15) is 40.3 Å². The zero-order valence-corrected chi connectivity index (χ0v) is 22.6. The van der Waals surface area contributed by atoms with Gasteiger partial charge in [-0.05, 0) is 12.1 Å². The number of rotatable bonds is 4. The number of likely N-dealkylation sites (tertiary alicyclic amines) is 1. The van der Waals surface area contributed by atoms with E-state index >= 15 is 0 Å². The minimum Gasteiger partial charge on any atom is -0.477 e. The third kappa shape index (κ3) is 5.50. The molecule has 1 aliphatic rings. The Labute approximate surface area is 250 Å². The molecule has 1 fully saturated rings. The number of carbonyl (C=O) groups is 2. The summed E-state index contributed by atoms with van der Waals surface area (Å²) in [6.45, 7) is -0.167. The maximum Gasteiger partial charge on any atom is 0.417 e. The van der Waals surface area contributed by atoms with E-state index in [0.717, 1.165) is 46.1 Å². The Morgan fingerprint density at radius 1 is 0.761 bits per heavy atom. The molecule has 46 heavy (non-hydrogen) atoms. The summed E-state index contributed by atoms with van der Waals surface area (Å²) in [6.07, 6.45) is -2.11. The van der Waals surface area contributed by atoms with Gasteiger partial charge in [0.1, 0.15) is 23.2 Å². The molecule has 0 bridgehead atoms. The van der Waals surface area contributed by atoms with Crippen LogP contribution in [-0.2, 0) is 12.4 Å². The topological polar surface area (TPSA) is 144 Å². The lowest BCUT2D eigenvalue weighted by molar-refractivity contribution is -0.138. The SMILES string of the molecule is O=C(O)c1cnc2c(-c3cnco3)cc(C(F)(F)F)cn12.O=C(c1cnc2c(-c3cnco3)cc(C(F)(F)F)cn12)N1CC(F)C1. The second-order valence-corrected chi connectivity index (χ2v) is 9.80. The molecule has 0 radical (unpaired) electrons. The van der Waals surface area contributed by atoms with Gasteiger partial charge in [-0.15, -0.1) is 0 Å². The summed E-state index contributed by atoms with van der Waals surface area (Å²) in [6, 6.07) is 1.73. The van der Waals surface area contributed by atoms with Gasteiger partial charge < -0.3 is 18.8 Å². The first-order chi connectivity index (χ1) is 21.7. The predicted octanol–water partition coefficient (Wildman–Crippen LogP) is 5.51. The highest BCUT2D eigenvalue weighted by atomic mass is 19.4. The number of pyridine rings is 2. The van der Waals surface area contributed by atoms with Gasteiger partial charge in [0.05, 0.1) is 60.1 Å². The van der Waals surface area contributed by atoms with Crippen LogP contribution in [-0.4, -0.2) is 69.9 Å². The van der Waals surface area contributed by atoms with E-state index in [-0.39, 0.29) is 58.4 Å². The fraction of sp³-hybridized carbons (Fsp3) is 0.185. The Balaban J connectivity index is 0.000000164. The molecule has 6 aromatic heterocycles. The number of carbonyl (C=O) groups excluding carboxylic acids is 1. The van der Waals surface area contributed by atoms with Crippen molar-refractivity contribution < 1.29 is 54.3 Å². The molecule has 0 aliphatic carbocycles.